The monoisotopic (exact) mass is 478 g/mol. The lowest BCUT2D eigenvalue weighted by atomic mass is 10.1. The number of fused-ring (bicyclic) bond motifs is 2. The molecule has 0 radical (unpaired) electrons. The smallest absolute Gasteiger partial charge is 0.181 e. The van der Waals surface area contributed by atoms with Gasteiger partial charge >= 0.3 is 0 Å². The molecule has 5 aromatic rings. The van der Waals surface area contributed by atoms with Gasteiger partial charge in [-0.15, -0.1) is 0 Å². The number of nitrogens with one attached hydrogen (secondary N) is 3. The standard InChI is InChI=1S/C28H30N8/c1-17(2)18(3)32-21-9-19(12-29-14-21)20-10-23-27(34-35-28(23)31-13-20)24-11-22-25(33-24)15-30-16-26(22)36-7-5-4-6-8-36/h9-17,32-33H,3-8H2,1-2H3,(H,31,34,35). The van der Waals surface area contributed by atoms with Crippen molar-refractivity contribution in [3.8, 4) is 22.5 Å². The zero-order chi connectivity index (χ0) is 24.6. The average Bonchev–Trinajstić information content (AvgIpc) is 3.53. The molecular formula is C28H30N8. The summed E-state index contributed by atoms with van der Waals surface area (Å²) in [6, 6.07) is 6.39. The first-order chi connectivity index (χ1) is 17.6. The summed E-state index contributed by atoms with van der Waals surface area (Å²) in [5, 5.41) is 13.2. The molecule has 5 aromatic heterocycles. The van der Waals surface area contributed by atoms with Crippen molar-refractivity contribution in [3.05, 3.63) is 61.5 Å². The van der Waals surface area contributed by atoms with Crippen LogP contribution in [0, 0.1) is 5.92 Å². The van der Waals surface area contributed by atoms with Crippen LogP contribution in [0.15, 0.2) is 61.5 Å². The van der Waals surface area contributed by atoms with Crippen molar-refractivity contribution in [2.45, 2.75) is 33.1 Å². The van der Waals surface area contributed by atoms with Crippen molar-refractivity contribution in [2.24, 2.45) is 5.92 Å². The molecule has 8 heteroatoms. The highest BCUT2D eigenvalue weighted by atomic mass is 15.2. The van der Waals surface area contributed by atoms with Crippen LogP contribution in [0.3, 0.4) is 0 Å². The molecule has 0 saturated carbocycles. The maximum Gasteiger partial charge on any atom is 0.181 e. The molecule has 0 spiro atoms. The van der Waals surface area contributed by atoms with Gasteiger partial charge in [-0.1, -0.05) is 20.4 Å². The summed E-state index contributed by atoms with van der Waals surface area (Å²) < 4.78 is 0. The van der Waals surface area contributed by atoms with Gasteiger partial charge in [0, 0.05) is 53.1 Å². The molecule has 0 unspecified atom stereocenters. The number of nitrogens with zero attached hydrogens (tertiary/aromatic N) is 5. The molecule has 0 aromatic carbocycles. The van der Waals surface area contributed by atoms with Gasteiger partial charge in [0.1, 0.15) is 0 Å². The van der Waals surface area contributed by atoms with Crippen molar-refractivity contribution < 1.29 is 0 Å². The summed E-state index contributed by atoms with van der Waals surface area (Å²) in [5.74, 6) is 0.335. The molecular weight excluding hydrogens is 448 g/mol. The van der Waals surface area contributed by atoms with E-state index in [9.17, 15) is 0 Å². The molecule has 1 fully saturated rings. The van der Waals surface area contributed by atoms with Crippen molar-refractivity contribution in [1.82, 2.24) is 30.1 Å². The molecule has 6 heterocycles. The highest BCUT2D eigenvalue weighted by molar-refractivity contribution is 5.99. The molecule has 36 heavy (non-hydrogen) atoms. The molecule has 0 atom stereocenters. The van der Waals surface area contributed by atoms with E-state index in [1.807, 2.05) is 31.0 Å². The third kappa shape index (κ3) is 4.08. The lowest BCUT2D eigenvalue weighted by molar-refractivity contribution is 0.578. The molecule has 0 aliphatic carbocycles. The number of hydrogen-bond acceptors (Lipinski definition) is 6. The Kier molecular flexibility index (Phi) is 5.64. The van der Waals surface area contributed by atoms with Crippen LogP contribution >= 0.6 is 0 Å². The number of pyridine rings is 3. The van der Waals surface area contributed by atoms with Crippen LogP contribution in [-0.2, 0) is 0 Å². The fourth-order valence-corrected chi connectivity index (χ4v) is 4.82. The van der Waals surface area contributed by atoms with Crippen LogP contribution in [0.1, 0.15) is 33.1 Å². The molecule has 0 amide bonds. The molecule has 6 rings (SSSR count). The number of H-pyrrole nitrogens is 2. The average molecular weight is 479 g/mol. The van der Waals surface area contributed by atoms with E-state index in [2.05, 4.69) is 79.0 Å². The van der Waals surface area contributed by atoms with Crippen LogP contribution in [0.5, 0.6) is 0 Å². The van der Waals surface area contributed by atoms with Gasteiger partial charge in [0.2, 0.25) is 0 Å². The van der Waals surface area contributed by atoms with Crippen molar-refractivity contribution >= 4 is 33.3 Å². The minimum atomic E-state index is 0.335. The largest absolute Gasteiger partial charge is 0.370 e. The second kappa shape index (κ2) is 9.11. The van der Waals surface area contributed by atoms with E-state index in [-0.39, 0.29) is 0 Å². The minimum absolute atomic E-state index is 0.335. The Morgan fingerprint density at radius 3 is 2.58 bits per heavy atom. The quantitative estimate of drug-likeness (QED) is 0.271. The van der Waals surface area contributed by atoms with Crippen molar-refractivity contribution in [2.75, 3.05) is 23.3 Å². The van der Waals surface area contributed by atoms with Crippen LogP contribution in [-0.4, -0.2) is 43.2 Å². The van der Waals surface area contributed by atoms with Gasteiger partial charge in [-0.3, -0.25) is 15.1 Å². The number of anilines is 2. The second-order valence-electron chi connectivity index (χ2n) is 9.81. The molecule has 0 bridgehead atoms. The predicted molar refractivity (Wildman–Crippen MR) is 146 cm³/mol. The van der Waals surface area contributed by atoms with Crippen LogP contribution in [0.2, 0.25) is 0 Å². The topological polar surface area (TPSA) is 98.4 Å². The van der Waals surface area contributed by atoms with Gasteiger partial charge in [-0.05, 0) is 43.4 Å². The maximum atomic E-state index is 4.62. The van der Waals surface area contributed by atoms with E-state index >= 15 is 0 Å². The molecule has 1 aliphatic rings. The first kappa shape index (κ1) is 22.3. The third-order valence-electron chi connectivity index (χ3n) is 6.97. The van der Waals surface area contributed by atoms with Gasteiger partial charge in [-0.25, -0.2) is 4.98 Å². The fraction of sp³-hybridized carbons (Fsp3) is 0.286. The highest BCUT2D eigenvalue weighted by Gasteiger charge is 2.18. The lowest BCUT2D eigenvalue weighted by Crippen LogP contribution is -2.29. The molecule has 8 nitrogen and oxygen atoms in total. The third-order valence-corrected chi connectivity index (χ3v) is 6.97. The fourth-order valence-electron chi connectivity index (χ4n) is 4.82. The summed E-state index contributed by atoms with van der Waals surface area (Å²) in [4.78, 5) is 19.6. The number of piperidine rings is 1. The van der Waals surface area contributed by atoms with E-state index in [0.29, 0.717) is 11.6 Å². The Morgan fingerprint density at radius 1 is 0.944 bits per heavy atom. The summed E-state index contributed by atoms with van der Waals surface area (Å²) in [6.07, 6.45) is 13.1. The molecule has 3 N–H and O–H groups in total. The Hall–Kier alpha value is -4.20. The first-order valence-electron chi connectivity index (χ1n) is 12.5. The number of allylic oxidation sites excluding steroid dienone is 1. The number of aromatic nitrogens is 6. The molecule has 1 aliphatic heterocycles. The second-order valence-corrected chi connectivity index (χ2v) is 9.81. The van der Waals surface area contributed by atoms with Gasteiger partial charge in [0.25, 0.3) is 0 Å². The van der Waals surface area contributed by atoms with Gasteiger partial charge in [0.15, 0.2) is 5.65 Å². The number of hydrogen-bond donors (Lipinski definition) is 3. The molecule has 182 valence electrons. The maximum absolute atomic E-state index is 4.62. The van der Waals surface area contributed by atoms with E-state index in [4.69, 9.17) is 0 Å². The van der Waals surface area contributed by atoms with Gasteiger partial charge in [-0.2, -0.15) is 5.10 Å². The first-order valence-corrected chi connectivity index (χ1v) is 12.5. The van der Waals surface area contributed by atoms with Gasteiger partial charge in [0.05, 0.1) is 46.9 Å². The Labute approximate surface area is 209 Å². The van der Waals surface area contributed by atoms with E-state index in [1.165, 1.54) is 30.3 Å². The van der Waals surface area contributed by atoms with E-state index in [0.717, 1.165) is 57.9 Å². The number of aromatic amines is 2. The number of rotatable bonds is 6. The summed E-state index contributed by atoms with van der Waals surface area (Å²) >= 11 is 0. The van der Waals surface area contributed by atoms with E-state index < -0.39 is 0 Å². The van der Waals surface area contributed by atoms with Gasteiger partial charge < -0.3 is 15.2 Å². The van der Waals surface area contributed by atoms with Crippen molar-refractivity contribution in [3.63, 3.8) is 0 Å². The zero-order valence-electron chi connectivity index (χ0n) is 20.7. The van der Waals surface area contributed by atoms with Crippen molar-refractivity contribution in [1.29, 1.82) is 0 Å². The summed E-state index contributed by atoms with van der Waals surface area (Å²) in [6.45, 7) is 10.5. The highest BCUT2D eigenvalue weighted by Crippen LogP contribution is 2.34. The van der Waals surface area contributed by atoms with E-state index in [1.54, 1.807) is 0 Å². The Morgan fingerprint density at radius 2 is 1.75 bits per heavy atom. The zero-order valence-corrected chi connectivity index (χ0v) is 20.7. The Bertz CT molecular complexity index is 1550. The normalized spacial score (nSPS) is 14.1. The minimum Gasteiger partial charge on any atom is -0.370 e. The lowest BCUT2D eigenvalue weighted by Gasteiger charge is -2.28. The molecule has 1 saturated heterocycles. The Balaban J connectivity index is 1.38. The van der Waals surface area contributed by atoms with Crippen LogP contribution in [0.25, 0.3) is 44.5 Å². The van der Waals surface area contributed by atoms with Crippen LogP contribution < -0.4 is 10.2 Å². The predicted octanol–water partition coefficient (Wildman–Crippen LogP) is 6.14. The summed E-state index contributed by atoms with van der Waals surface area (Å²) in [7, 11) is 0. The van der Waals surface area contributed by atoms with Crippen LogP contribution in [0.4, 0.5) is 11.4 Å². The summed E-state index contributed by atoms with van der Waals surface area (Å²) in [5.41, 5.74) is 8.59. The SMILES string of the molecule is C=C(Nc1cncc(-c2cnc3n[nH]c(-c4cc5c(N6CCCCC6)cncc5[nH]4)c3c2)c1)C(C)C.